The van der Waals surface area contributed by atoms with Gasteiger partial charge in [0.1, 0.15) is 5.82 Å². The zero-order chi connectivity index (χ0) is 20.1. The number of rotatable bonds is 7. The molecule has 1 aromatic carbocycles. The number of nitrogens with zero attached hydrogens (tertiary/aromatic N) is 3. The predicted octanol–water partition coefficient (Wildman–Crippen LogP) is 1.84. The molecule has 1 amide bonds. The van der Waals surface area contributed by atoms with Gasteiger partial charge in [-0.3, -0.25) is 4.79 Å². The first-order valence-electron chi connectivity index (χ1n) is 9.63. The van der Waals surface area contributed by atoms with E-state index in [0.717, 1.165) is 25.1 Å². The standard InChI is InChI=1S/C20H28N4O3S/c1-16-21-9-13-23(16)14-10-22-20(25)19-5-3-17(4-6-19)15-18-7-11-24(12-8-18)28(2,26)27/h3-6,9,13,18H,7-8,10-12,14-15H2,1-2H3,(H,22,25). The van der Waals surface area contributed by atoms with Crippen LogP contribution in [0.2, 0.25) is 0 Å². The van der Waals surface area contributed by atoms with Gasteiger partial charge in [-0.15, -0.1) is 0 Å². The Morgan fingerprint density at radius 3 is 2.46 bits per heavy atom. The van der Waals surface area contributed by atoms with E-state index >= 15 is 0 Å². The van der Waals surface area contributed by atoms with E-state index in [9.17, 15) is 13.2 Å². The van der Waals surface area contributed by atoms with E-state index in [2.05, 4.69) is 10.3 Å². The van der Waals surface area contributed by atoms with Crippen LogP contribution in [0.3, 0.4) is 0 Å². The lowest BCUT2D eigenvalue weighted by molar-refractivity contribution is 0.0952. The maximum absolute atomic E-state index is 12.3. The van der Waals surface area contributed by atoms with Crippen LogP contribution in [-0.2, 0) is 23.0 Å². The van der Waals surface area contributed by atoms with Gasteiger partial charge in [0.25, 0.3) is 5.91 Å². The Hall–Kier alpha value is -2.19. The van der Waals surface area contributed by atoms with Crippen molar-refractivity contribution < 1.29 is 13.2 Å². The minimum Gasteiger partial charge on any atom is -0.350 e. The Balaban J connectivity index is 1.45. The third-order valence-corrected chi connectivity index (χ3v) is 6.65. The molecule has 1 fully saturated rings. The van der Waals surface area contributed by atoms with Crippen molar-refractivity contribution in [2.75, 3.05) is 25.9 Å². The second-order valence-corrected chi connectivity index (χ2v) is 9.41. The van der Waals surface area contributed by atoms with Crippen LogP contribution in [0.4, 0.5) is 0 Å². The van der Waals surface area contributed by atoms with E-state index in [-0.39, 0.29) is 5.91 Å². The lowest BCUT2D eigenvalue weighted by Gasteiger charge is -2.30. The van der Waals surface area contributed by atoms with Crippen LogP contribution in [0.5, 0.6) is 0 Å². The number of hydrogen-bond donors (Lipinski definition) is 1. The maximum Gasteiger partial charge on any atom is 0.251 e. The lowest BCUT2D eigenvalue weighted by Crippen LogP contribution is -2.38. The van der Waals surface area contributed by atoms with Crippen molar-refractivity contribution in [1.82, 2.24) is 19.2 Å². The van der Waals surface area contributed by atoms with Crippen LogP contribution in [0, 0.1) is 12.8 Å². The minimum atomic E-state index is -3.08. The molecule has 28 heavy (non-hydrogen) atoms. The number of nitrogens with one attached hydrogen (secondary N) is 1. The summed E-state index contributed by atoms with van der Waals surface area (Å²) in [5, 5.41) is 2.93. The summed E-state index contributed by atoms with van der Waals surface area (Å²) in [4.78, 5) is 16.5. The number of sulfonamides is 1. The van der Waals surface area contributed by atoms with Crippen LogP contribution in [0.25, 0.3) is 0 Å². The fraction of sp³-hybridized carbons (Fsp3) is 0.500. The van der Waals surface area contributed by atoms with Crippen molar-refractivity contribution in [1.29, 1.82) is 0 Å². The monoisotopic (exact) mass is 404 g/mol. The average molecular weight is 405 g/mol. The van der Waals surface area contributed by atoms with Crippen LogP contribution in [-0.4, -0.2) is 54.1 Å². The van der Waals surface area contributed by atoms with E-state index < -0.39 is 10.0 Å². The van der Waals surface area contributed by atoms with Gasteiger partial charge >= 0.3 is 0 Å². The molecule has 3 rings (SSSR count). The molecule has 152 valence electrons. The van der Waals surface area contributed by atoms with Gasteiger partial charge in [-0.05, 0) is 49.8 Å². The van der Waals surface area contributed by atoms with E-state index in [1.54, 1.807) is 10.5 Å². The molecule has 0 saturated carbocycles. The number of benzene rings is 1. The number of hydrogen-bond acceptors (Lipinski definition) is 4. The van der Waals surface area contributed by atoms with Crippen molar-refractivity contribution in [3.8, 4) is 0 Å². The van der Waals surface area contributed by atoms with Crippen LogP contribution < -0.4 is 5.32 Å². The molecule has 2 heterocycles. The Kier molecular flexibility index (Phi) is 6.51. The molecule has 0 spiro atoms. The summed E-state index contributed by atoms with van der Waals surface area (Å²) in [6.45, 7) is 4.38. The second-order valence-electron chi connectivity index (χ2n) is 7.43. The van der Waals surface area contributed by atoms with E-state index in [1.807, 2.05) is 42.0 Å². The Bertz CT molecular complexity index is 898. The number of carbonyl (C=O) groups excluding carboxylic acids is 1. The first-order valence-corrected chi connectivity index (χ1v) is 11.5. The average Bonchev–Trinajstić information content (AvgIpc) is 3.07. The Labute approximate surface area is 166 Å². The fourth-order valence-corrected chi connectivity index (χ4v) is 4.48. The Morgan fingerprint density at radius 1 is 1.21 bits per heavy atom. The number of imidazole rings is 1. The third kappa shape index (κ3) is 5.42. The van der Waals surface area contributed by atoms with Gasteiger partial charge in [0, 0.05) is 44.1 Å². The molecule has 0 bridgehead atoms. The van der Waals surface area contributed by atoms with Gasteiger partial charge in [0.05, 0.1) is 6.26 Å². The first-order chi connectivity index (χ1) is 13.3. The summed E-state index contributed by atoms with van der Waals surface area (Å²) in [6.07, 6.45) is 7.59. The zero-order valence-electron chi connectivity index (χ0n) is 16.5. The summed E-state index contributed by atoms with van der Waals surface area (Å²) >= 11 is 0. The normalized spacial score (nSPS) is 16.2. The van der Waals surface area contributed by atoms with E-state index in [1.165, 1.54) is 11.8 Å². The number of piperidine rings is 1. The Morgan fingerprint density at radius 2 is 1.89 bits per heavy atom. The van der Waals surface area contributed by atoms with Gasteiger partial charge in [-0.2, -0.15) is 0 Å². The molecule has 0 atom stereocenters. The molecular weight excluding hydrogens is 376 g/mol. The van der Waals surface area contributed by atoms with E-state index in [0.29, 0.717) is 37.7 Å². The quantitative estimate of drug-likeness (QED) is 0.763. The molecule has 1 aromatic heterocycles. The van der Waals surface area contributed by atoms with Crippen molar-refractivity contribution in [3.63, 3.8) is 0 Å². The lowest BCUT2D eigenvalue weighted by atomic mass is 9.91. The SMILES string of the molecule is Cc1nccn1CCNC(=O)c1ccc(CC2CCN(S(C)(=O)=O)CC2)cc1. The predicted molar refractivity (Wildman–Crippen MR) is 109 cm³/mol. The summed E-state index contributed by atoms with van der Waals surface area (Å²) in [7, 11) is -3.08. The van der Waals surface area contributed by atoms with Gasteiger partial charge < -0.3 is 9.88 Å². The summed E-state index contributed by atoms with van der Waals surface area (Å²) < 4.78 is 26.7. The molecule has 1 N–H and O–H groups in total. The molecule has 0 radical (unpaired) electrons. The maximum atomic E-state index is 12.3. The van der Waals surface area contributed by atoms with Crippen LogP contribution in [0.1, 0.15) is 34.6 Å². The minimum absolute atomic E-state index is 0.0780. The number of aryl methyl sites for hydroxylation is 1. The highest BCUT2D eigenvalue weighted by Gasteiger charge is 2.24. The number of carbonyl (C=O) groups is 1. The molecule has 8 heteroatoms. The fourth-order valence-electron chi connectivity index (χ4n) is 3.60. The van der Waals surface area contributed by atoms with Gasteiger partial charge in [-0.25, -0.2) is 17.7 Å². The molecule has 2 aromatic rings. The van der Waals surface area contributed by atoms with Gasteiger partial charge in [-0.1, -0.05) is 12.1 Å². The molecule has 1 aliphatic rings. The van der Waals surface area contributed by atoms with Crippen LogP contribution >= 0.6 is 0 Å². The van der Waals surface area contributed by atoms with Crippen molar-refractivity contribution in [2.24, 2.45) is 5.92 Å². The molecule has 7 nitrogen and oxygen atoms in total. The molecule has 0 aliphatic carbocycles. The van der Waals surface area contributed by atoms with Crippen molar-refractivity contribution >= 4 is 15.9 Å². The van der Waals surface area contributed by atoms with Crippen LogP contribution in [0.15, 0.2) is 36.7 Å². The van der Waals surface area contributed by atoms with Gasteiger partial charge in [0.2, 0.25) is 10.0 Å². The van der Waals surface area contributed by atoms with Gasteiger partial charge in [0.15, 0.2) is 0 Å². The largest absolute Gasteiger partial charge is 0.350 e. The molecule has 1 saturated heterocycles. The molecule has 1 aliphatic heterocycles. The number of aromatic nitrogens is 2. The highest BCUT2D eigenvalue weighted by molar-refractivity contribution is 7.88. The summed E-state index contributed by atoms with van der Waals surface area (Å²) in [5.41, 5.74) is 1.83. The highest BCUT2D eigenvalue weighted by Crippen LogP contribution is 2.23. The second kappa shape index (κ2) is 8.87. The summed E-state index contributed by atoms with van der Waals surface area (Å²) in [6, 6.07) is 7.72. The van der Waals surface area contributed by atoms with Crippen molar-refractivity contribution in [3.05, 3.63) is 53.6 Å². The smallest absolute Gasteiger partial charge is 0.251 e. The third-order valence-electron chi connectivity index (χ3n) is 5.34. The highest BCUT2D eigenvalue weighted by atomic mass is 32.2. The van der Waals surface area contributed by atoms with Crippen molar-refractivity contribution in [2.45, 2.75) is 32.7 Å². The zero-order valence-corrected chi connectivity index (χ0v) is 17.3. The van der Waals surface area contributed by atoms with E-state index in [4.69, 9.17) is 0 Å². The molecular formula is C20H28N4O3S. The first kappa shape index (κ1) is 20.5. The number of amides is 1. The molecule has 0 unspecified atom stereocenters. The summed E-state index contributed by atoms with van der Waals surface area (Å²) in [5.74, 6) is 1.34. The topological polar surface area (TPSA) is 84.3 Å².